The molecular formula is C20H24N2O2S. The number of nitrogens with zero attached hydrogens (tertiary/aromatic N) is 2. The van der Waals surface area contributed by atoms with Crippen LogP contribution in [0.15, 0.2) is 35.7 Å². The van der Waals surface area contributed by atoms with Gasteiger partial charge in [-0.25, -0.2) is 4.98 Å². The van der Waals surface area contributed by atoms with Crippen LogP contribution in [0.5, 0.6) is 0 Å². The fraction of sp³-hybridized carbons (Fsp3) is 0.500. The molecule has 0 N–H and O–H groups in total. The number of carbonyl (C=O) groups is 1. The molecule has 1 aromatic heterocycles. The van der Waals surface area contributed by atoms with Crippen LogP contribution in [0.3, 0.4) is 0 Å². The lowest BCUT2D eigenvalue weighted by Crippen LogP contribution is -2.55. The van der Waals surface area contributed by atoms with Crippen molar-refractivity contribution in [3.8, 4) is 11.3 Å². The molecule has 25 heavy (non-hydrogen) atoms. The second-order valence-corrected chi connectivity index (χ2v) is 8.96. The van der Waals surface area contributed by atoms with Crippen molar-refractivity contribution in [3.63, 3.8) is 0 Å². The Morgan fingerprint density at radius 3 is 2.80 bits per heavy atom. The second kappa shape index (κ2) is 5.92. The van der Waals surface area contributed by atoms with Crippen molar-refractivity contribution in [1.82, 2.24) is 9.88 Å². The van der Waals surface area contributed by atoms with Crippen molar-refractivity contribution in [2.24, 2.45) is 16.7 Å². The van der Waals surface area contributed by atoms with Crippen LogP contribution in [0, 0.1) is 16.7 Å². The third-order valence-corrected chi connectivity index (χ3v) is 6.70. The Hall–Kier alpha value is -1.72. The maximum absolute atomic E-state index is 13.0. The lowest BCUT2D eigenvalue weighted by Gasteiger charge is -2.56. The highest BCUT2D eigenvalue weighted by Crippen LogP contribution is 2.62. The first kappa shape index (κ1) is 16.7. The van der Waals surface area contributed by atoms with Crippen molar-refractivity contribution in [1.29, 1.82) is 0 Å². The summed E-state index contributed by atoms with van der Waals surface area (Å²) in [6, 6.07) is 10.0. The van der Waals surface area contributed by atoms with E-state index in [4.69, 9.17) is 4.74 Å². The molecule has 4 rings (SSSR count). The average Bonchev–Trinajstić information content (AvgIpc) is 3.19. The first-order valence-electron chi connectivity index (χ1n) is 8.74. The molecule has 0 unspecified atom stereocenters. The highest BCUT2D eigenvalue weighted by atomic mass is 32.1. The summed E-state index contributed by atoms with van der Waals surface area (Å²) in [5, 5.41) is 2.56. The first-order chi connectivity index (χ1) is 12.0. The van der Waals surface area contributed by atoms with Gasteiger partial charge in [-0.1, -0.05) is 44.2 Å². The molecule has 0 spiro atoms. The van der Waals surface area contributed by atoms with Crippen LogP contribution in [-0.2, 0) is 4.74 Å². The number of carbonyl (C=O) groups excluding carboxylic acids is 1. The van der Waals surface area contributed by atoms with Crippen molar-refractivity contribution < 1.29 is 9.53 Å². The van der Waals surface area contributed by atoms with Gasteiger partial charge in [0.2, 0.25) is 0 Å². The second-order valence-electron chi connectivity index (χ2n) is 8.10. The van der Waals surface area contributed by atoms with E-state index in [9.17, 15) is 4.79 Å². The predicted molar refractivity (Wildman–Crippen MR) is 99.7 cm³/mol. The SMILES string of the molecule is COC[C@@]12CN(C(=O)c3nc(-c4ccccc4)cs3)C[C@@H]1C(C)(C)C2. The van der Waals surface area contributed by atoms with Gasteiger partial charge >= 0.3 is 0 Å². The van der Waals surface area contributed by atoms with Gasteiger partial charge in [-0.05, 0) is 17.8 Å². The molecule has 2 aromatic rings. The summed E-state index contributed by atoms with van der Waals surface area (Å²) in [5.74, 6) is 0.574. The highest BCUT2D eigenvalue weighted by Gasteiger charge is 2.63. The molecule has 5 heteroatoms. The van der Waals surface area contributed by atoms with E-state index in [1.54, 1.807) is 7.11 Å². The van der Waals surface area contributed by atoms with Gasteiger partial charge < -0.3 is 9.64 Å². The summed E-state index contributed by atoms with van der Waals surface area (Å²) in [6.07, 6.45) is 1.12. The maximum atomic E-state index is 13.0. The molecule has 2 atom stereocenters. The molecule has 1 amide bonds. The van der Waals surface area contributed by atoms with Crippen LogP contribution < -0.4 is 0 Å². The topological polar surface area (TPSA) is 42.4 Å². The Morgan fingerprint density at radius 1 is 1.36 bits per heavy atom. The number of hydrogen-bond donors (Lipinski definition) is 0. The van der Waals surface area contributed by atoms with Gasteiger partial charge in [-0.2, -0.15) is 0 Å². The number of aromatic nitrogens is 1. The number of thiazole rings is 1. The third-order valence-electron chi connectivity index (χ3n) is 5.87. The Balaban J connectivity index is 1.54. The van der Waals surface area contributed by atoms with Gasteiger partial charge in [0.15, 0.2) is 5.01 Å². The van der Waals surface area contributed by atoms with Gasteiger partial charge in [0.1, 0.15) is 0 Å². The van der Waals surface area contributed by atoms with E-state index in [0.29, 0.717) is 10.9 Å². The van der Waals surface area contributed by atoms with Gasteiger partial charge in [-0.3, -0.25) is 4.79 Å². The maximum Gasteiger partial charge on any atom is 0.282 e. The van der Waals surface area contributed by atoms with E-state index in [1.807, 2.05) is 40.6 Å². The lowest BCUT2D eigenvalue weighted by molar-refractivity contribution is -0.107. The summed E-state index contributed by atoms with van der Waals surface area (Å²) in [7, 11) is 1.76. The number of amides is 1. The quantitative estimate of drug-likeness (QED) is 0.833. The van der Waals surface area contributed by atoms with Gasteiger partial charge in [0.25, 0.3) is 5.91 Å². The Kier molecular flexibility index (Phi) is 3.96. The number of fused-ring (bicyclic) bond motifs is 1. The van der Waals surface area contributed by atoms with E-state index < -0.39 is 0 Å². The molecule has 1 saturated carbocycles. The molecule has 1 aliphatic heterocycles. The molecule has 0 radical (unpaired) electrons. The molecule has 2 heterocycles. The van der Waals surface area contributed by atoms with Crippen molar-refractivity contribution in [2.45, 2.75) is 20.3 Å². The van der Waals surface area contributed by atoms with E-state index in [-0.39, 0.29) is 16.7 Å². The minimum Gasteiger partial charge on any atom is -0.384 e. The van der Waals surface area contributed by atoms with Crippen LogP contribution in [0.4, 0.5) is 0 Å². The number of methoxy groups -OCH3 is 1. The number of rotatable bonds is 4. The predicted octanol–water partition coefficient (Wildman–Crippen LogP) is 3.94. The molecule has 2 aliphatic rings. The zero-order chi connectivity index (χ0) is 17.7. The van der Waals surface area contributed by atoms with Crippen LogP contribution in [0.2, 0.25) is 0 Å². The van der Waals surface area contributed by atoms with Crippen LogP contribution in [0.25, 0.3) is 11.3 Å². The average molecular weight is 356 g/mol. The standard InChI is InChI=1S/C20H24N2O2S/c1-19(2)11-20(13-24-3)12-22(9-16(19)20)18(23)17-21-15(10-25-17)14-7-5-4-6-8-14/h4-8,10,16H,9,11-13H2,1-3H3/t16-,20-/m1/s1. The zero-order valence-corrected chi connectivity index (χ0v) is 15.8. The van der Waals surface area contributed by atoms with Crippen LogP contribution in [0.1, 0.15) is 30.1 Å². The normalized spacial score (nSPS) is 27.0. The summed E-state index contributed by atoms with van der Waals surface area (Å²) in [6.45, 7) is 6.94. The number of hydrogen-bond acceptors (Lipinski definition) is 4. The molecule has 0 bridgehead atoms. The molecular weight excluding hydrogens is 332 g/mol. The molecule has 132 valence electrons. The number of benzene rings is 1. The number of ether oxygens (including phenoxy) is 1. The van der Waals surface area contributed by atoms with Crippen LogP contribution >= 0.6 is 11.3 Å². The molecule has 4 nitrogen and oxygen atoms in total. The first-order valence-corrected chi connectivity index (χ1v) is 9.62. The largest absolute Gasteiger partial charge is 0.384 e. The van der Waals surface area contributed by atoms with Crippen molar-refractivity contribution in [2.75, 3.05) is 26.8 Å². The minimum atomic E-state index is 0.0628. The zero-order valence-electron chi connectivity index (χ0n) is 15.0. The Labute approximate surface area is 152 Å². The fourth-order valence-electron chi connectivity index (χ4n) is 5.01. The minimum absolute atomic E-state index is 0.0628. The van der Waals surface area contributed by atoms with Gasteiger partial charge in [-0.15, -0.1) is 11.3 Å². The van der Waals surface area contributed by atoms with Crippen molar-refractivity contribution >= 4 is 17.2 Å². The van der Waals surface area contributed by atoms with E-state index in [0.717, 1.165) is 37.4 Å². The van der Waals surface area contributed by atoms with Gasteiger partial charge in [0, 0.05) is 36.6 Å². The highest BCUT2D eigenvalue weighted by molar-refractivity contribution is 7.12. The summed E-state index contributed by atoms with van der Waals surface area (Å²) in [4.78, 5) is 19.6. The summed E-state index contributed by atoms with van der Waals surface area (Å²) >= 11 is 1.44. The van der Waals surface area contributed by atoms with Crippen molar-refractivity contribution in [3.05, 3.63) is 40.7 Å². The third kappa shape index (κ3) is 2.70. The molecule has 1 aliphatic carbocycles. The van der Waals surface area contributed by atoms with Gasteiger partial charge in [0.05, 0.1) is 12.3 Å². The Bertz CT molecular complexity index is 786. The lowest BCUT2D eigenvalue weighted by atomic mass is 9.48. The monoisotopic (exact) mass is 356 g/mol. The van der Waals surface area contributed by atoms with E-state index in [1.165, 1.54) is 11.3 Å². The van der Waals surface area contributed by atoms with E-state index in [2.05, 4.69) is 18.8 Å². The number of likely N-dealkylation sites (tertiary alicyclic amines) is 1. The van der Waals surface area contributed by atoms with E-state index >= 15 is 0 Å². The molecule has 2 fully saturated rings. The van der Waals surface area contributed by atoms with Crippen LogP contribution in [-0.4, -0.2) is 42.6 Å². The molecule has 1 saturated heterocycles. The Morgan fingerprint density at radius 2 is 2.12 bits per heavy atom. The smallest absolute Gasteiger partial charge is 0.282 e. The summed E-state index contributed by atoms with van der Waals surface area (Å²) in [5.41, 5.74) is 2.35. The molecule has 1 aromatic carbocycles. The summed E-state index contributed by atoms with van der Waals surface area (Å²) < 4.78 is 5.49. The fourth-order valence-corrected chi connectivity index (χ4v) is 5.80.